The van der Waals surface area contributed by atoms with Crippen molar-refractivity contribution in [3.05, 3.63) is 47.5 Å². The number of alkyl halides is 3. The van der Waals surface area contributed by atoms with Crippen molar-refractivity contribution in [2.24, 2.45) is 5.73 Å². The number of hydrogen-bond acceptors (Lipinski definition) is 8. The number of anilines is 1. The largest absolute Gasteiger partial charge is 0.493 e. The van der Waals surface area contributed by atoms with Crippen LogP contribution < -0.4 is 25.3 Å². The van der Waals surface area contributed by atoms with Gasteiger partial charge in [-0.25, -0.2) is 4.98 Å². The van der Waals surface area contributed by atoms with Gasteiger partial charge in [-0.05, 0) is 50.9 Å². The highest BCUT2D eigenvalue weighted by atomic mass is 19.4. The van der Waals surface area contributed by atoms with Crippen LogP contribution in [0.3, 0.4) is 0 Å². The van der Waals surface area contributed by atoms with Crippen LogP contribution in [0.2, 0.25) is 0 Å². The first-order valence-electron chi connectivity index (χ1n) is 12.6. The third-order valence-corrected chi connectivity index (χ3v) is 5.80. The van der Waals surface area contributed by atoms with Crippen LogP contribution >= 0.6 is 0 Å². The van der Waals surface area contributed by atoms with Crippen LogP contribution in [-0.2, 0) is 15.8 Å². The van der Waals surface area contributed by atoms with E-state index in [1.807, 2.05) is 13.8 Å². The number of ether oxygens (including phenoxy) is 3. The van der Waals surface area contributed by atoms with Crippen molar-refractivity contribution in [1.82, 2.24) is 4.98 Å². The lowest BCUT2D eigenvalue weighted by atomic mass is 10.1. The van der Waals surface area contributed by atoms with Gasteiger partial charge in [0.1, 0.15) is 11.3 Å². The van der Waals surface area contributed by atoms with E-state index in [1.54, 1.807) is 12.1 Å². The summed E-state index contributed by atoms with van der Waals surface area (Å²) >= 11 is 0. The summed E-state index contributed by atoms with van der Waals surface area (Å²) in [6.07, 6.45) is -3.49. The van der Waals surface area contributed by atoms with Crippen molar-refractivity contribution >= 4 is 28.5 Å². The first kappa shape index (κ1) is 32.9. The molecule has 3 rings (SSSR count). The zero-order chi connectivity index (χ0) is 30.7. The molecule has 1 atom stereocenters. The zero-order valence-electron chi connectivity index (χ0n) is 23.2. The molecule has 0 aliphatic rings. The third-order valence-electron chi connectivity index (χ3n) is 5.80. The number of aryl methyl sites for hydroxylation is 1. The minimum Gasteiger partial charge on any atom is -0.493 e. The highest BCUT2D eigenvalue weighted by Crippen LogP contribution is 2.46. The van der Waals surface area contributed by atoms with Gasteiger partial charge in [0.2, 0.25) is 5.88 Å². The molecule has 0 fully saturated rings. The van der Waals surface area contributed by atoms with Gasteiger partial charge in [-0.3, -0.25) is 9.59 Å². The second kappa shape index (κ2) is 14.9. The van der Waals surface area contributed by atoms with E-state index in [1.165, 1.54) is 32.4 Å². The van der Waals surface area contributed by atoms with Crippen LogP contribution in [0.5, 0.6) is 23.1 Å². The van der Waals surface area contributed by atoms with Crippen LogP contribution in [0.4, 0.5) is 18.9 Å². The molecule has 1 unspecified atom stereocenters. The van der Waals surface area contributed by atoms with Gasteiger partial charge in [0.15, 0.2) is 11.5 Å². The number of aliphatic carboxylic acids is 2. The highest BCUT2D eigenvalue weighted by molar-refractivity contribution is 6.00. The van der Waals surface area contributed by atoms with Gasteiger partial charge in [0.05, 0.1) is 43.7 Å². The molecule has 0 spiro atoms. The van der Waals surface area contributed by atoms with Gasteiger partial charge in [-0.15, -0.1) is 0 Å². The second-order valence-electron chi connectivity index (χ2n) is 9.02. The number of nitrogens with one attached hydrogen (secondary N) is 1. The molecule has 5 N–H and O–H groups in total. The topological polar surface area (TPSA) is 153 Å². The number of methoxy groups -OCH3 is 2. The Morgan fingerprint density at radius 1 is 1.05 bits per heavy atom. The molecule has 0 saturated heterocycles. The summed E-state index contributed by atoms with van der Waals surface area (Å²) < 4.78 is 57.5. The molecule has 1 heterocycles. The molecule has 13 heteroatoms. The fourth-order valence-electron chi connectivity index (χ4n) is 3.86. The van der Waals surface area contributed by atoms with Crippen molar-refractivity contribution in [1.29, 1.82) is 0 Å². The molecule has 0 amide bonds. The van der Waals surface area contributed by atoms with E-state index in [9.17, 15) is 22.8 Å². The van der Waals surface area contributed by atoms with Crippen LogP contribution in [0.15, 0.2) is 36.4 Å². The molecule has 0 saturated carbocycles. The number of nitrogens with two attached hydrogens (primary N) is 1. The smallest absolute Gasteiger partial charge is 0.419 e. The van der Waals surface area contributed by atoms with Gasteiger partial charge in [-0.2, -0.15) is 13.2 Å². The van der Waals surface area contributed by atoms with Gasteiger partial charge in [-0.1, -0.05) is 12.1 Å². The summed E-state index contributed by atoms with van der Waals surface area (Å²) in [5, 5.41) is 19.7. The summed E-state index contributed by atoms with van der Waals surface area (Å²) in [6.45, 7) is 4.41. The number of rotatable bonds is 12. The number of carbonyl (C=O) groups is 2. The van der Waals surface area contributed by atoms with Gasteiger partial charge >= 0.3 is 18.1 Å². The predicted molar refractivity (Wildman–Crippen MR) is 147 cm³/mol. The predicted octanol–water partition coefficient (Wildman–Crippen LogP) is 5.85. The number of fused-ring (bicyclic) bond motifs is 1. The first-order chi connectivity index (χ1) is 19.3. The number of halogens is 3. The molecule has 41 heavy (non-hydrogen) atoms. The number of aromatic nitrogens is 1. The quantitative estimate of drug-likeness (QED) is 0.205. The van der Waals surface area contributed by atoms with E-state index in [0.717, 1.165) is 18.9 Å². The van der Waals surface area contributed by atoms with Crippen molar-refractivity contribution < 1.29 is 47.2 Å². The van der Waals surface area contributed by atoms with E-state index in [4.69, 9.17) is 30.2 Å². The lowest BCUT2D eigenvalue weighted by Crippen LogP contribution is -2.17. The van der Waals surface area contributed by atoms with Crippen molar-refractivity contribution in [3.63, 3.8) is 0 Å². The lowest BCUT2D eigenvalue weighted by Gasteiger charge is -2.22. The maximum absolute atomic E-state index is 13.6. The summed E-state index contributed by atoms with van der Waals surface area (Å²) in [6, 6.07) is 8.52. The summed E-state index contributed by atoms with van der Waals surface area (Å²) in [5.41, 5.74) is 6.63. The monoisotopic (exact) mass is 581 g/mol. The van der Waals surface area contributed by atoms with E-state index < -0.39 is 23.7 Å². The molecular weight excluding hydrogens is 547 g/mol. The number of carboxylic acids is 2. The Kier molecular flexibility index (Phi) is 12.0. The van der Waals surface area contributed by atoms with Gasteiger partial charge < -0.3 is 35.5 Å². The fourth-order valence-corrected chi connectivity index (χ4v) is 3.86. The van der Waals surface area contributed by atoms with Crippen molar-refractivity contribution in [2.45, 2.75) is 51.7 Å². The number of benzene rings is 2. The van der Waals surface area contributed by atoms with E-state index in [2.05, 4.69) is 10.3 Å². The molecule has 0 aliphatic heterocycles. The maximum Gasteiger partial charge on any atom is 0.419 e. The summed E-state index contributed by atoms with van der Waals surface area (Å²) in [5.74, 6) is -1.67. The lowest BCUT2D eigenvalue weighted by molar-refractivity contribution is -0.143. The minimum atomic E-state index is -4.57. The average Bonchev–Trinajstić information content (AvgIpc) is 2.91. The molecule has 2 aromatic carbocycles. The highest BCUT2D eigenvalue weighted by Gasteiger charge is 2.35. The summed E-state index contributed by atoms with van der Waals surface area (Å²) in [4.78, 5) is 23.9. The molecule has 0 aliphatic carbocycles. The Labute approximate surface area is 235 Å². The zero-order valence-corrected chi connectivity index (χ0v) is 23.2. The number of nitrogens with zero attached hydrogens (tertiary/aromatic N) is 1. The molecule has 224 valence electrons. The van der Waals surface area contributed by atoms with Gasteiger partial charge in [0.25, 0.3) is 0 Å². The van der Waals surface area contributed by atoms with Crippen molar-refractivity contribution in [3.8, 4) is 23.1 Å². The molecule has 3 aromatic rings. The Morgan fingerprint density at radius 3 is 2.22 bits per heavy atom. The molecular formula is C28H34F3N3O7. The van der Waals surface area contributed by atoms with E-state index in [-0.39, 0.29) is 36.1 Å². The number of carboxylic acid groups (broad SMARTS) is 2. The first-order valence-corrected chi connectivity index (χ1v) is 12.6. The molecule has 0 radical (unpaired) electrons. The normalized spacial score (nSPS) is 11.7. The van der Waals surface area contributed by atoms with Crippen molar-refractivity contribution in [2.75, 3.05) is 26.1 Å². The molecule has 1 aromatic heterocycles. The van der Waals surface area contributed by atoms with Crippen LogP contribution in [-0.4, -0.2) is 53.9 Å². The number of pyridine rings is 1. The van der Waals surface area contributed by atoms with Gasteiger partial charge in [0, 0.05) is 18.2 Å². The Hall–Kier alpha value is -4.26. The van der Waals surface area contributed by atoms with Crippen LogP contribution in [0, 0.1) is 6.92 Å². The Morgan fingerprint density at radius 2 is 1.68 bits per heavy atom. The van der Waals surface area contributed by atoms with E-state index >= 15 is 0 Å². The maximum atomic E-state index is 13.6. The number of para-hydroxylation sites is 1. The van der Waals surface area contributed by atoms with Crippen LogP contribution in [0.25, 0.3) is 10.9 Å². The minimum absolute atomic E-state index is 0.0764. The number of hydrogen-bond donors (Lipinski definition) is 4. The Balaban J connectivity index is 0.000000642. The average molecular weight is 582 g/mol. The molecule has 10 nitrogen and oxygen atoms in total. The Bertz CT molecular complexity index is 1340. The van der Waals surface area contributed by atoms with E-state index in [0.29, 0.717) is 34.6 Å². The third kappa shape index (κ3) is 9.41. The second-order valence-corrected chi connectivity index (χ2v) is 9.02. The fraction of sp³-hybridized carbons (Fsp3) is 0.393. The summed E-state index contributed by atoms with van der Waals surface area (Å²) in [7, 11) is 2.95. The van der Waals surface area contributed by atoms with Crippen LogP contribution in [0.1, 0.15) is 43.7 Å². The SMILES string of the molecule is COc1cc(C)c2c(Oc3ccccc3C(F)(F)F)c(OC)cc(NC(C)CCCN)c2n1.O=C(O)CCC(=O)O. The molecule has 0 bridgehead atoms. The standard InChI is InChI=1S/C24H28F3N3O3.C4H6O4/c1-14-12-20(32-4)30-22-17(29-15(2)8-7-11-28)13-19(31-3)23(21(14)22)33-18-10-6-5-9-16(18)24(25,26)27;5-3(6)1-2-4(7)8/h5-6,9-10,12-13,15,29H,7-8,11,28H2,1-4H3;1-2H2,(H,5,6)(H,7,8).